The lowest BCUT2D eigenvalue weighted by atomic mass is 10.0. The molecule has 38 heavy (non-hydrogen) atoms. The molecule has 0 aromatic heterocycles. The predicted molar refractivity (Wildman–Crippen MR) is 143 cm³/mol. The highest BCUT2D eigenvalue weighted by atomic mass is 35.5. The Balaban J connectivity index is 2.05. The molecule has 2 amide bonds. The van der Waals surface area contributed by atoms with Crippen LogP contribution in [0, 0.1) is 11.6 Å². The third kappa shape index (κ3) is 7.75. The summed E-state index contributed by atoms with van der Waals surface area (Å²) >= 11 is 6.14. The van der Waals surface area contributed by atoms with Crippen LogP contribution in [0.5, 0.6) is 0 Å². The van der Waals surface area contributed by atoms with Gasteiger partial charge in [-0.15, -0.1) is 0 Å². The van der Waals surface area contributed by atoms with Gasteiger partial charge in [0.1, 0.15) is 12.6 Å². The molecule has 0 aliphatic heterocycles. The van der Waals surface area contributed by atoms with Gasteiger partial charge >= 0.3 is 0 Å². The fraction of sp³-hybridized carbons (Fsp3) is 0.259. The topological polar surface area (TPSA) is 86.8 Å². The van der Waals surface area contributed by atoms with E-state index in [0.29, 0.717) is 27.5 Å². The molecule has 0 aliphatic carbocycles. The summed E-state index contributed by atoms with van der Waals surface area (Å²) in [4.78, 5) is 28.3. The van der Waals surface area contributed by atoms with E-state index >= 15 is 0 Å². The first kappa shape index (κ1) is 29.1. The van der Waals surface area contributed by atoms with Crippen LogP contribution in [0.2, 0.25) is 5.02 Å². The van der Waals surface area contributed by atoms with Crippen LogP contribution in [0.4, 0.5) is 14.5 Å². The summed E-state index contributed by atoms with van der Waals surface area (Å²) in [6.45, 7) is 1.27. The Hall–Kier alpha value is -3.50. The molecular weight excluding hydrogens is 536 g/mol. The maximum Gasteiger partial charge on any atom is 0.244 e. The molecule has 202 valence electrons. The molecule has 3 aromatic carbocycles. The summed E-state index contributed by atoms with van der Waals surface area (Å²) in [5.41, 5.74) is 1.18. The van der Waals surface area contributed by atoms with Crippen LogP contribution in [-0.2, 0) is 32.6 Å². The lowest BCUT2D eigenvalue weighted by Gasteiger charge is -2.33. The molecule has 0 saturated heterocycles. The second-order valence-electron chi connectivity index (χ2n) is 8.62. The van der Waals surface area contributed by atoms with Crippen molar-refractivity contribution in [3.63, 3.8) is 0 Å². The van der Waals surface area contributed by atoms with Crippen LogP contribution in [0.25, 0.3) is 0 Å². The lowest BCUT2D eigenvalue weighted by Crippen LogP contribution is -2.53. The number of nitrogens with zero attached hydrogens (tertiary/aromatic N) is 2. The first-order valence-electron chi connectivity index (χ1n) is 11.8. The molecule has 0 bridgehead atoms. The smallest absolute Gasteiger partial charge is 0.244 e. The Morgan fingerprint density at radius 1 is 0.947 bits per heavy atom. The maximum absolute atomic E-state index is 14.0. The molecule has 0 radical (unpaired) electrons. The highest BCUT2D eigenvalue weighted by molar-refractivity contribution is 7.92. The quantitative estimate of drug-likeness (QED) is 0.379. The maximum atomic E-state index is 14.0. The molecule has 0 unspecified atom stereocenters. The van der Waals surface area contributed by atoms with Gasteiger partial charge in [-0.25, -0.2) is 17.2 Å². The molecule has 0 fully saturated rings. The molecule has 7 nitrogen and oxygen atoms in total. The van der Waals surface area contributed by atoms with Crippen molar-refractivity contribution in [3.05, 3.63) is 101 Å². The summed E-state index contributed by atoms with van der Waals surface area (Å²) < 4.78 is 53.4. The van der Waals surface area contributed by atoms with E-state index in [-0.39, 0.29) is 18.7 Å². The van der Waals surface area contributed by atoms with Crippen LogP contribution < -0.4 is 9.62 Å². The highest BCUT2D eigenvalue weighted by Gasteiger charge is 2.33. The molecule has 11 heteroatoms. The third-order valence-electron chi connectivity index (χ3n) is 5.73. The second-order valence-corrected chi connectivity index (χ2v) is 11.0. The Labute approximate surface area is 226 Å². The summed E-state index contributed by atoms with van der Waals surface area (Å²) in [6.07, 6.45) is 1.01. The molecule has 0 spiro atoms. The van der Waals surface area contributed by atoms with Crippen LogP contribution in [0.3, 0.4) is 0 Å². The van der Waals surface area contributed by atoms with Crippen molar-refractivity contribution < 1.29 is 26.8 Å². The lowest BCUT2D eigenvalue weighted by molar-refractivity contribution is -0.140. The van der Waals surface area contributed by atoms with E-state index in [2.05, 4.69) is 5.32 Å². The number of halogens is 3. The van der Waals surface area contributed by atoms with Crippen LogP contribution in [-0.4, -0.2) is 50.5 Å². The fourth-order valence-electron chi connectivity index (χ4n) is 3.93. The van der Waals surface area contributed by atoms with E-state index in [1.54, 1.807) is 31.2 Å². The normalized spacial score (nSPS) is 12.0. The number of amides is 2. The largest absolute Gasteiger partial charge is 0.355 e. The zero-order chi connectivity index (χ0) is 27.9. The average Bonchev–Trinajstić information content (AvgIpc) is 2.86. The average molecular weight is 564 g/mol. The number of hydrogen-bond donors (Lipinski definition) is 1. The van der Waals surface area contributed by atoms with Gasteiger partial charge in [0.15, 0.2) is 11.6 Å². The second kappa shape index (κ2) is 12.8. The summed E-state index contributed by atoms with van der Waals surface area (Å²) in [5, 5.41) is 3.17. The van der Waals surface area contributed by atoms with Crippen molar-refractivity contribution in [2.45, 2.75) is 25.9 Å². The molecule has 0 aliphatic rings. The minimum absolute atomic E-state index is 0.0522. The van der Waals surface area contributed by atoms with Crippen LogP contribution in [0.15, 0.2) is 72.8 Å². The Bertz CT molecular complexity index is 1390. The van der Waals surface area contributed by atoms with Crippen molar-refractivity contribution in [2.75, 3.05) is 23.7 Å². The molecule has 3 rings (SSSR count). The minimum Gasteiger partial charge on any atom is -0.355 e. The molecule has 1 atom stereocenters. The van der Waals surface area contributed by atoms with Crippen molar-refractivity contribution in [1.82, 2.24) is 10.2 Å². The standard InChI is InChI=1S/C27H28ClF2N3O4S/c1-3-31-27(35)25(15-19-8-5-4-6-9-19)32(17-20-10-7-11-21(28)14-20)26(34)18-33(38(2,36)37)22-12-13-23(29)24(30)16-22/h4-14,16,25H,3,15,17-18H2,1-2H3,(H,31,35)/t25-/m0/s1. The van der Waals surface area contributed by atoms with Crippen molar-refractivity contribution in [3.8, 4) is 0 Å². The molecule has 1 N–H and O–H groups in total. The zero-order valence-corrected chi connectivity index (χ0v) is 22.5. The van der Waals surface area contributed by atoms with Crippen LogP contribution >= 0.6 is 11.6 Å². The minimum atomic E-state index is -4.10. The van der Waals surface area contributed by atoms with E-state index in [0.717, 1.165) is 24.0 Å². The zero-order valence-electron chi connectivity index (χ0n) is 20.9. The van der Waals surface area contributed by atoms with E-state index in [9.17, 15) is 26.8 Å². The van der Waals surface area contributed by atoms with Crippen LogP contribution in [0.1, 0.15) is 18.1 Å². The number of carbonyl (C=O) groups excluding carboxylic acids is 2. The number of anilines is 1. The van der Waals surface area contributed by atoms with Crippen molar-refractivity contribution >= 4 is 39.1 Å². The Morgan fingerprint density at radius 3 is 2.24 bits per heavy atom. The van der Waals surface area contributed by atoms with E-state index in [1.807, 2.05) is 30.3 Å². The molecule has 0 saturated carbocycles. The molecular formula is C27H28ClF2N3O4S. The Morgan fingerprint density at radius 2 is 1.63 bits per heavy atom. The van der Waals surface area contributed by atoms with Gasteiger partial charge in [-0.3, -0.25) is 13.9 Å². The van der Waals surface area contributed by atoms with Gasteiger partial charge in [0.25, 0.3) is 0 Å². The van der Waals surface area contributed by atoms with Gasteiger partial charge in [0.05, 0.1) is 11.9 Å². The number of likely N-dealkylation sites (N-methyl/N-ethyl adjacent to an activating group) is 1. The van der Waals surface area contributed by atoms with Crippen molar-refractivity contribution in [2.24, 2.45) is 0 Å². The highest BCUT2D eigenvalue weighted by Crippen LogP contribution is 2.23. The molecule has 3 aromatic rings. The number of sulfonamides is 1. The van der Waals surface area contributed by atoms with E-state index in [1.165, 1.54) is 4.90 Å². The first-order valence-corrected chi connectivity index (χ1v) is 14.0. The number of nitrogens with one attached hydrogen (secondary N) is 1. The summed E-state index contributed by atoms with van der Waals surface area (Å²) in [7, 11) is -4.10. The Kier molecular flexibility index (Phi) is 9.82. The van der Waals surface area contributed by atoms with Gasteiger partial charge in [0.2, 0.25) is 21.8 Å². The van der Waals surface area contributed by atoms with Crippen molar-refractivity contribution in [1.29, 1.82) is 0 Å². The molecule has 0 heterocycles. The van der Waals surface area contributed by atoms with Gasteiger partial charge < -0.3 is 10.2 Å². The fourth-order valence-corrected chi connectivity index (χ4v) is 4.99. The van der Waals surface area contributed by atoms with Gasteiger partial charge in [-0.1, -0.05) is 54.1 Å². The monoisotopic (exact) mass is 563 g/mol. The van der Waals surface area contributed by atoms with Gasteiger partial charge in [0, 0.05) is 30.6 Å². The van der Waals surface area contributed by atoms with E-state index < -0.39 is 46.1 Å². The number of benzene rings is 3. The van der Waals surface area contributed by atoms with E-state index in [4.69, 9.17) is 11.6 Å². The van der Waals surface area contributed by atoms with Gasteiger partial charge in [-0.05, 0) is 42.3 Å². The predicted octanol–water partition coefficient (Wildman–Crippen LogP) is 4.16. The summed E-state index contributed by atoms with van der Waals surface area (Å²) in [5.74, 6) is -3.56. The van der Waals surface area contributed by atoms with Gasteiger partial charge in [-0.2, -0.15) is 0 Å². The third-order valence-corrected chi connectivity index (χ3v) is 7.11. The number of hydrogen-bond acceptors (Lipinski definition) is 4. The number of rotatable bonds is 11. The summed E-state index contributed by atoms with van der Waals surface area (Å²) in [6, 6.07) is 17.4. The first-order chi connectivity index (χ1) is 18.0. The number of carbonyl (C=O) groups is 2. The SMILES string of the molecule is CCNC(=O)[C@H](Cc1ccccc1)N(Cc1cccc(Cl)c1)C(=O)CN(c1ccc(F)c(F)c1)S(C)(=O)=O.